The molecule has 1 aromatic rings. The summed E-state index contributed by atoms with van der Waals surface area (Å²) < 4.78 is 8.55. The molecule has 0 radical (unpaired) electrons. The van der Waals surface area contributed by atoms with Crippen molar-refractivity contribution in [1.82, 2.24) is 0 Å². The molecule has 4 heteroatoms. The van der Waals surface area contributed by atoms with Crippen LogP contribution in [0, 0.1) is 6.92 Å². The molecule has 0 amide bonds. The van der Waals surface area contributed by atoms with Crippen LogP contribution in [-0.2, 0) is 0 Å². The number of aryl methyl sites for hydroxylation is 1. The molecule has 0 saturated carbocycles. The SMILES string of the molecule is Cc1cc(O)c(SO)cc1[O-]. The van der Waals surface area contributed by atoms with Crippen molar-refractivity contribution < 1.29 is 14.8 Å². The normalized spacial score (nSPS) is 10.0. The van der Waals surface area contributed by atoms with Gasteiger partial charge >= 0.3 is 0 Å². The van der Waals surface area contributed by atoms with E-state index in [0.717, 1.165) is 0 Å². The molecule has 0 fully saturated rings. The van der Waals surface area contributed by atoms with Crippen LogP contribution >= 0.6 is 12.0 Å². The monoisotopic (exact) mass is 171 g/mol. The van der Waals surface area contributed by atoms with Crippen molar-refractivity contribution in [3.8, 4) is 11.5 Å². The molecule has 60 valence electrons. The number of rotatable bonds is 1. The Balaban J connectivity index is 3.21. The van der Waals surface area contributed by atoms with Crippen LogP contribution in [0.3, 0.4) is 0 Å². The third-order valence-electron chi connectivity index (χ3n) is 1.35. The summed E-state index contributed by atoms with van der Waals surface area (Å²) in [6.07, 6.45) is 0. The van der Waals surface area contributed by atoms with Gasteiger partial charge in [0.15, 0.2) is 0 Å². The van der Waals surface area contributed by atoms with Gasteiger partial charge in [0, 0.05) is 12.0 Å². The second-order valence-corrected chi connectivity index (χ2v) is 2.80. The quantitative estimate of drug-likeness (QED) is 0.626. The molecule has 3 nitrogen and oxygen atoms in total. The van der Waals surface area contributed by atoms with Crippen molar-refractivity contribution in [3.63, 3.8) is 0 Å². The first-order valence-corrected chi connectivity index (χ1v) is 3.74. The van der Waals surface area contributed by atoms with E-state index in [9.17, 15) is 5.11 Å². The van der Waals surface area contributed by atoms with E-state index in [1.54, 1.807) is 6.92 Å². The lowest BCUT2D eigenvalue weighted by Gasteiger charge is -2.11. The molecule has 0 spiro atoms. The van der Waals surface area contributed by atoms with Gasteiger partial charge in [0.25, 0.3) is 0 Å². The van der Waals surface area contributed by atoms with Crippen LogP contribution in [0.2, 0.25) is 0 Å². The minimum Gasteiger partial charge on any atom is -0.872 e. The van der Waals surface area contributed by atoms with Crippen molar-refractivity contribution in [2.45, 2.75) is 11.8 Å². The summed E-state index contributed by atoms with van der Waals surface area (Å²) >= 11 is 0.368. The van der Waals surface area contributed by atoms with Gasteiger partial charge in [0.05, 0.1) is 4.90 Å². The molecule has 0 aliphatic rings. The Hall–Kier alpha value is -0.870. The number of phenols is 1. The molecule has 0 atom stereocenters. The first-order valence-electron chi connectivity index (χ1n) is 2.97. The molecule has 2 N–H and O–H groups in total. The zero-order valence-corrected chi connectivity index (χ0v) is 6.68. The maximum atomic E-state index is 10.9. The molecule has 0 aromatic heterocycles. The molecule has 0 bridgehead atoms. The average Bonchev–Trinajstić information content (AvgIpc) is 1.97. The van der Waals surface area contributed by atoms with Crippen molar-refractivity contribution in [1.29, 1.82) is 0 Å². The summed E-state index contributed by atoms with van der Waals surface area (Å²) in [5.41, 5.74) is 0.473. The van der Waals surface area contributed by atoms with Crippen LogP contribution in [0.1, 0.15) is 5.56 Å². The Labute approximate surface area is 68.5 Å². The number of phenolic OH excluding ortho intramolecular Hbond substituents is 1. The Kier molecular flexibility index (Phi) is 2.26. The predicted octanol–water partition coefficient (Wildman–Crippen LogP) is 1.34. The summed E-state index contributed by atoms with van der Waals surface area (Å²) in [5.74, 6) is -0.242. The lowest BCUT2D eigenvalue weighted by molar-refractivity contribution is -0.269. The summed E-state index contributed by atoms with van der Waals surface area (Å²) in [6.45, 7) is 1.61. The smallest absolute Gasteiger partial charge is 0.131 e. The van der Waals surface area contributed by atoms with Crippen LogP contribution in [-0.4, -0.2) is 9.66 Å². The number of hydrogen-bond donors (Lipinski definition) is 2. The van der Waals surface area contributed by atoms with Crippen molar-refractivity contribution in [3.05, 3.63) is 17.7 Å². The fourth-order valence-electron chi connectivity index (χ4n) is 0.727. The van der Waals surface area contributed by atoms with Crippen LogP contribution in [0.15, 0.2) is 17.0 Å². The second-order valence-electron chi connectivity index (χ2n) is 2.18. The fraction of sp³-hybridized carbons (Fsp3) is 0.143. The first-order chi connectivity index (χ1) is 5.15. The van der Waals surface area contributed by atoms with Crippen LogP contribution in [0.5, 0.6) is 11.5 Å². The van der Waals surface area contributed by atoms with Gasteiger partial charge in [-0.1, -0.05) is 11.6 Å². The molecule has 0 aliphatic carbocycles. The Bertz CT molecular complexity index is 273. The van der Waals surface area contributed by atoms with Crippen LogP contribution in [0.25, 0.3) is 0 Å². The predicted molar refractivity (Wildman–Crippen MR) is 40.8 cm³/mol. The van der Waals surface area contributed by atoms with Gasteiger partial charge in [-0.15, -0.1) is 5.75 Å². The minimum absolute atomic E-state index is 0.0606. The Morgan fingerprint density at radius 1 is 1.45 bits per heavy atom. The standard InChI is InChI=1S/C7H8O3S/c1-4-2-6(9)7(11-10)3-5(4)8/h2-3,8-10H,1H3/p-1. The van der Waals surface area contributed by atoms with Crippen LogP contribution < -0.4 is 5.11 Å². The fourth-order valence-corrected chi connectivity index (χ4v) is 1.04. The van der Waals surface area contributed by atoms with Crippen molar-refractivity contribution in [2.24, 2.45) is 0 Å². The highest BCUT2D eigenvalue weighted by atomic mass is 32.2. The van der Waals surface area contributed by atoms with Gasteiger partial charge in [-0.3, -0.25) is 0 Å². The molecule has 11 heavy (non-hydrogen) atoms. The summed E-state index contributed by atoms with van der Waals surface area (Å²) in [7, 11) is 0. The Morgan fingerprint density at radius 3 is 2.64 bits per heavy atom. The zero-order chi connectivity index (χ0) is 8.43. The number of aromatic hydroxyl groups is 1. The minimum atomic E-state index is -0.181. The van der Waals surface area contributed by atoms with E-state index in [0.29, 0.717) is 17.6 Å². The number of benzene rings is 1. The first kappa shape index (κ1) is 8.23. The maximum absolute atomic E-state index is 10.9. The average molecular weight is 171 g/mol. The lowest BCUT2D eigenvalue weighted by atomic mass is 10.2. The van der Waals surface area contributed by atoms with Crippen LogP contribution in [0.4, 0.5) is 0 Å². The summed E-state index contributed by atoms with van der Waals surface area (Å²) in [5, 5.41) is 20.0. The number of hydrogen-bond acceptors (Lipinski definition) is 4. The molecule has 0 unspecified atom stereocenters. The molecule has 1 rings (SSSR count). The topological polar surface area (TPSA) is 63.5 Å². The van der Waals surface area contributed by atoms with Gasteiger partial charge in [-0.25, -0.2) is 0 Å². The van der Waals surface area contributed by atoms with E-state index in [-0.39, 0.29) is 16.4 Å². The largest absolute Gasteiger partial charge is 0.872 e. The van der Waals surface area contributed by atoms with E-state index < -0.39 is 0 Å². The van der Waals surface area contributed by atoms with E-state index >= 15 is 0 Å². The van der Waals surface area contributed by atoms with Gasteiger partial charge in [-0.2, -0.15) is 0 Å². The maximum Gasteiger partial charge on any atom is 0.131 e. The van der Waals surface area contributed by atoms with Gasteiger partial charge < -0.3 is 14.8 Å². The van der Waals surface area contributed by atoms with Gasteiger partial charge in [0.2, 0.25) is 0 Å². The lowest BCUT2D eigenvalue weighted by Crippen LogP contribution is -1.93. The Morgan fingerprint density at radius 2 is 2.09 bits per heavy atom. The van der Waals surface area contributed by atoms with Crippen molar-refractivity contribution in [2.75, 3.05) is 0 Å². The second kappa shape index (κ2) is 3.02. The highest BCUT2D eigenvalue weighted by Gasteiger charge is 2.00. The summed E-state index contributed by atoms with van der Waals surface area (Å²) in [6, 6.07) is 2.54. The van der Waals surface area contributed by atoms with E-state index in [4.69, 9.17) is 9.66 Å². The third-order valence-corrected chi connectivity index (χ3v) is 1.88. The molecule has 0 aliphatic heterocycles. The van der Waals surface area contributed by atoms with Crippen molar-refractivity contribution >= 4 is 12.0 Å². The third kappa shape index (κ3) is 1.58. The highest BCUT2D eigenvalue weighted by Crippen LogP contribution is 2.30. The molecule has 1 aromatic carbocycles. The molecule has 0 saturated heterocycles. The van der Waals surface area contributed by atoms with E-state index in [1.807, 2.05) is 0 Å². The molecular weight excluding hydrogens is 164 g/mol. The van der Waals surface area contributed by atoms with Gasteiger partial charge in [0.1, 0.15) is 5.75 Å². The highest BCUT2D eigenvalue weighted by molar-refractivity contribution is 7.93. The zero-order valence-electron chi connectivity index (χ0n) is 5.87. The van der Waals surface area contributed by atoms with E-state index in [2.05, 4.69) is 0 Å². The van der Waals surface area contributed by atoms with E-state index in [1.165, 1.54) is 12.1 Å². The van der Waals surface area contributed by atoms with Gasteiger partial charge in [-0.05, 0) is 13.0 Å². The summed E-state index contributed by atoms with van der Waals surface area (Å²) in [4.78, 5) is 0.195. The molecular formula is C7H7O3S-. The molecule has 0 heterocycles.